The Morgan fingerprint density at radius 2 is 2.03 bits per heavy atom. The minimum Gasteiger partial charge on any atom is -0.481 e. The van der Waals surface area contributed by atoms with E-state index in [1.54, 1.807) is 54.5 Å². The van der Waals surface area contributed by atoms with Crippen molar-refractivity contribution < 1.29 is 19.4 Å². The number of nitrogens with zero attached hydrogens (tertiary/aromatic N) is 3. The fourth-order valence-electron chi connectivity index (χ4n) is 3.75. The summed E-state index contributed by atoms with van der Waals surface area (Å²) in [4.78, 5) is 29.3. The van der Waals surface area contributed by atoms with Crippen molar-refractivity contribution in [1.82, 2.24) is 20.1 Å². The van der Waals surface area contributed by atoms with Crippen LogP contribution in [0.1, 0.15) is 28.8 Å². The van der Waals surface area contributed by atoms with Gasteiger partial charge in [0.05, 0.1) is 40.8 Å². The second-order valence-electron chi connectivity index (χ2n) is 8.33. The monoisotopic (exact) mass is 491 g/mol. The van der Waals surface area contributed by atoms with Crippen LogP contribution in [0.4, 0.5) is 5.69 Å². The number of nitrogens with one attached hydrogen (secondary N) is 2. The van der Waals surface area contributed by atoms with Crippen molar-refractivity contribution in [3.63, 3.8) is 0 Å². The summed E-state index contributed by atoms with van der Waals surface area (Å²) >= 11 is 6.31. The van der Waals surface area contributed by atoms with Crippen molar-refractivity contribution in [2.24, 2.45) is 0 Å². The minimum atomic E-state index is -1.25. The molecule has 5 rings (SSSR count). The van der Waals surface area contributed by atoms with Crippen molar-refractivity contribution in [1.29, 1.82) is 0 Å². The van der Waals surface area contributed by atoms with Crippen LogP contribution in [-0.4, -0.2) is 44.4 Å². The molecular weight excluding hydrogens is 470 g/mol. The maximum atomic E-state index is 13.1. The molecule has 4 aromatic rings. The maximum absolute atomic E-state index is 13.1. The number of hydrogen-bond acceptors (Lipinski definition) is 6. The molecule has 10 heteroatoms. The van der Waals surface area contributed by atoms with Gasteiger partial charge in [-0.15, -0.1) is 0 Å². The number of hydrogen-bond donors (Lipinski definition) is 3. The summed E-state index contributed by atoms with van der Waals surface area (Å²) in [6, 6.07) is 14.0. The largest absolute Gasteiger partial charge is 0.481 e. The number of halogens is 1. The molecule has 1 saturated carbocycles. The number of methoxy groups -OCH3 is 1. The molecule has 178 valence electrons. The number of aromatic nitrogens is 3. The number of anilines is 1. The number of benzene rings is 2. The highest BCUT2D eigenvalue weighted by Gasteiger charge is 2.47. The van der Waals surface area contributed by atoms with Crippen molar-refractivity contribution in [2.45, 2.75) is 25.0 Å². The summed E-state index contributed by atoms with van der Waals surface area (Å²) < 4.78 is 6.94. The molecule has 0 saturated heterocycles. The van der Waals surface area contributed by atoms with E-state index in [-0.39, 0.29) is 17.1 Å². The van der Waals surface area contributed by atoms with Crippen molar-refractivity contribution in [3.8, 4) is 11.6 Å². The van der Waals surface area contributed by atoms with E-state index in [1.807, 2.05) is 18.2 Å². The molecule has 2 amide bonds. The predicted octanol–water partition coefficient (Wildman–Crippen LogP) is 3.48. The van der Waals surface area contributed by atoms with E-state index < -0.39 is 17.4 Å². The Labute approximate surface area is 205 Å². The fourth-order valence-corrected chi connectivity index (χ4v) is 3.95. The predicted molar refractivity (Wildman–Crippen MR) is 131 cm³/mol. The number of amides is 2. The molecule has 0 spiro atoms. The lowest BCUT2D eigenvalue weighted by molar-refractivity contribution is -0.131. The van der Waals surface area contributed by atoms with Gasteiger partial charge in [0, 0.05) is 24.2 Å². The topological polar surface area (TPSA) is 118 Å². The molecule has 2 aromatic heterocycles. The second kappa shape index (κ2) is 9.01. The van der Waals surface area contributed by atoms with Crippen LogP contribution in [0.15, 0.2) is 60.9 Å². The van der Waals surface area contributed by atoms with Gasteiger partial charge in [0.15, 0.2) is 0 Å². The van der Waals surface area contributed by atoms with E-state index in [1.165, 1.54) is 0 Å². The standard InChI is InChI=1S/C25H22ClN5O4/c1-35-22-12-16(7-10-27-22)31-21-4-2-3-20(18(21)14-29-31)30-23(32)17-11-15(5-6-19(17)26)13-28-24(33)25(34)8-9-25/h2-7,10-12,14,34H,8-9,13H2,1H3,(H,28,33)(H,30,32). The molecule has 35 heavy (non-hydrogen) atoms. The lowest BCUT2D eigenvalue weighted by Crippen LogP contribution is -2.35. The molecule has 1 fully saturated rings. The summed E-state index contributed by atoms with van der Waals surface area (Å²) in [6.45, 7) is 0.177. The molecule has 2 aromatic carbocycles. The molecule has 0 unspecified atom stereocenters. The molecule has 9 nitrogen and oxygen atoms in total. The quantitative estimate of drug-likeness (QED) is 0.364. The van der Waals surface area contributed by atoms with Gasteiger partial charge in [0.25, 0.3) is 11.8 Å². The highest BCUT2D eigenvalue weighted by atomic mass is 35.5. The van der Waals surface area contributed by atoms with Crippen LogP contribution in [0.3, 0.4) is 0 Å². The van der Waals surface area contributed by atoms with Crippen LogP contribution < -0.4 is 15.4 Å². The van der Waals surface area contributed by atoms with E-state index in [9.17, 15) is 14.7 Å². The summed E-state index contributed by atoms with van der Waals surface area (Å²) in [5, 5.41) is 21.0. The normalized spacial score (nSPS) is 13.9. The van der Waals surface area contributed by atoms with E-state index in [0.717, 1.165) is 16.6 Å². The lowest BCUT2D eigenvalue weighted by atomic mass is 10.1. The molecule has 3 N–H and O–H groups in total. The van der Waals surface area contributed by atoms with Gasteiger partial charge in [-0.05, 0) is 48.7 Å². The zero-order chi connectivity index (χ0) is 24.6. The third-order valence-electron chi connectivity index (χ3n) is 5.91. The Kier molecular flexibility index (Phi) is 5.88. The Morgan fingerprint density at radius 1 is 1.20 bits per heavy atom. The smallest absolute Gasteiger partial charge is 0.257 e. The minimum absolute atomic E-state index is 0.177. The first-order valence-electron chi connectivity index (χ1n) is 11.0. The third-order valence-corrected chi connectivity index (χ3v) is 6.24. The van der Waals surface area contributed by atoms with Crippen molar-refractivity contribution in [3.05, 3.63) is 77.1 Å². The third kappa shape index (κ3) is 4.55. The van der Waals surface area contributed by atoms with Gasteiger partial charge in [-0.2, -0.15) is 5.10 Å². The summed E-state index contributed by atoms with van der Waals surface area (Å²) in [7, 11) is 1.55. The Hall–Kier alpha value is -3.95. The number of rotatable bonds is 7. The summed E-state index contributed by atoms with van der Waals surface area (Å²) in [5.74, 6) is -0.337. The molecule has 0 radical (unpaired) electrons. The lowest BCUT2D eigenvalue weighted by Gasteiger charge is -2.12. The van der Waals surface area contributed by atoms with Gasteiger partial charge in [0.1, 0.15) is 5.60 Å². The molecule has 0 atom stereocenters. The van der Waals surface area contributed by atoms with Crippen LogP contribution in [0.25, 0.3) is 16.6 Å². The Morgan fingerprint density at radius 3 is 2.80 bits per heavy atom. The van der Waals surface area contributed by atoms with Gasteiger partial charge in [-0.3, -0.25) is 9.59 Å². The van der Waals surface area contributed by atoms with E-state index in [0.29, 0.717) is 30.0 Å². The van der Waals surface area contributed by atoms with Crippen molar-refractivity contribution >= 4 is 40.0 Å². The number of ether oxygens (including phenoxy) is 1. The zero-order valence-electron chi connectivity index (χ0n) is 18.8. The fraction of sp³-hybridized carbons (Fsp3) is 0.200. The van der Waals surface area contributed by atoms with Gasteiger partial charge in [-0.1, -0.05) is 23.7 Å². The number of aliphatic hydroxyl groups is 1. The molecule has 2 heterocycles. The number of pyridine rings is 1. The molecule has 0 aliphatic heterocycles. The Bertz CT molecular complexity index is 1450. The van der Waals surface area contributed by atoms with Crippen LogP contribution in [0.2, 0.25) is 5.02 Å². The Balaban J connectivity index is 1.38. The first kappa shape index (κ1) is 22.8. The zero-order valence-corrected chi connectivity index (χ0v) is 19.5. The molecular formula is C25H22ClN5O4. The highest BCUT2D eigenvalue weighted by Crippen LogP contribution is 2.35. The van der Waals surface area contributed by atoms with E-state index in [4.69, 9.17) is 16.3 Å². The van der Waals surface area contributed by atoms with Crippen LogP contribution >= 0.6 is 11.6 Å². The highest BCUT2D eigenvalue weighted by molar-refractivity contribution is 6.34. The maximum Gasteiger partial charge on any atom is 0.257 e. The number of carbonyl (C=O) groups is 2. The summed E-state index contributed by atoms with van der Waals surface area (Å²) in [5.41, 5.74) is 1.84. The molecule has 1 aliphatic carbocycles. The number of carbonyl (C=O) groups excluding carboxylic acids is 2. The van der Waals surface area contributed by atoms with Crippen LogP contribution in [-0.2, 0) is 11.3 Å². The van der Waals surface area contributed by atoms with E-state index >= 15 is 0 Å². The SMILES string of the molecule is COc1cc(-n2ncc3c(NC(=O)c4cc(CNC(=O)C5(O)CC5)ccc4Cl)cccc32)ccn1. The molecule has 0 bridgehead atoms. The second-order valence-corrected chi connectivity index (χ2v) is 8.74. The van der Waals surface area contributed by atoms with Gasteiger partial charge >= 0.3 is 0 Å². The first-order valence-corrected chi connectivity index (χ1v) is 11.3. The average Bonchev–Trinajstić information content (AvgIpc) is 3.47. The van der Waals surface area contributed by atoms with Crippen molar-refractivity contribution in [2.75, 3.05) is 12.4 Å². The first-order chi connectivity index (χ1) is 16.9. The van der Waals surface area contributed by atoms with Gasteiger partial charge in [0.2, 0.25) is 5.88 Å². The summed E-state index contributed by atoms with van der Waals surface area (Å²) in [6.07, 6.45) is 4.23. The molecule has 1 aliphatic rings. The van der Waals surface area contributed by atoms with Crippen LogP contribution in [0, 0.1) is 0 Å². The van der Waals surface area contributed by atoms with Crippen LogP contribution in [0.5, 0.6) is 5.88 Å². The number of fused-ring (bicyclic) bond motifs is 1. The van der Waals surface area contributed by atoms with E-state index in [2.05, 4.69) is 20.7 Å². The van der Waals surface area contributed by atoms with Gasteiger partial charge in [-0.25, -0.2) is 9.67 Å². The van der Waals surface area contributed by atoms with Gasteiger partial charge < -0.3 is 20.5 Å². The average molecular weight is 492 g/mol.